The lowest BCUT2D eigenvalue weighted by Gasteiger charge is -2.25. The van der Waals surface area contributed by atoms with Gasteiger partial charge in [-0.15, -0.1) is 0 Å². The highest BCUT2D eigenvalue weighted by Gasteiger charge is 2.32. The normalized spacial score (nSPS) is 12.6. The minimum absolute atomic E-state index is 0.376. The number of carbonyl (C=O) groups excluding carboxylic acids is 2. The minimum Gasteiger partial charge on any atom is -0.467 e. The van der Waals surface area contributed by atoms with Gasteiger partial charge in [0, 0.05) is 0 Å². The van der Waals surface area contributed by atoms with E-state index in [1.54, 1.807) is 13.8 Å². The molecule has 0 aliphatic rings. The van der Waals surface area contributed by atoms with Crippen LogP contribution in [-0.2, 0) is 20.7 Å². The monoisotopic (exact) mass is 264 g/mol. The summed E-state index contributed by atoms with van der Waals surface area (Å²) >= 11 is 0. The second kappa shape index (κ2) is 6.33. The third-order valence-corrected chi connectivity index (χ3v) is 2.77. The van der Waals surface area contributed by atoms with Gasteiger partial charge in [-0.2, -0.15) is 0 Å². The lowest BCUT2D eigenvalue weighted by molar-refractivity contribution is -0.149. The van der Waals surface area contributed by atoms with Gasteiger partial charge < -0.3 is 15.8 Å². The molecule has 0 radical (unpaired) electrons. The lowest BCUT2D eigenvalue weighted by atomic mass is 10.0. The predicted octanol–water partition coefficient (Wildman–Crippen LogP) is 0.624. The molecule has 1 atom stereocenters. The van der Waals surface area contributed by atoms with Crippen molar-refractivity contribution in [2.45, 2.75) is 31.8 Å². The molecule has 0 aliphatic carbocycles. The van der Waals surface area contributed by atoms with Crippen LogP contribution in [0.2, 0.25) is 0 Å². The molecule has 0 spiro atoms. The Bertz CT molecular complexity index is 443. The standard InChI is InChI=1S/C14H20N2O3/c1-14(2,13(18)19-3)16-12(17)11(15)9-10-7-5-4-6-8-10/h4-8,11H,9,15H2,1-3H3,(H,16,17)/t11-/m1/s1. The molecule has 3 N–H and O–H groups in total. The van der Waals surface area contributed by atoms with Crippen molar-refractivity contribution < 1.29 is 14.3 Å². The van der Waals surface area contributed by atoms with E-state index < -0.39 is 17.6 Å². The molecule has 1 aromatic rings. The second-order valence-corrected chi connectivity index (χ2v) is 4.90. The summed E-state index contributed by atoms with van der Waals surface area (Å²) in [4.78, 5) is 23.4. The Morgan fingerprint density at radius 1 is 1.32 bits per heavy atom. The van der Waals surface area contributed by atoms with Crippen LogP contribution < -0.4 is 11.1 Å². The number of esters is 1. The number of methoxy groups -OCH3 is 1. The summed E-state index contributed by atoms with van der Waals surface area (Å²) in [5, 5.41) is 2.59. The zero-order valence-corrected chi connectivity index (χ0v) is 11.5. The molecule has 5 nitrogen and oxygen atoms in total. The minimum atomic E-state index is -1.08. The van der Waals surface area contributed by atoms with Crippen LogP contribution in [0.1, 0.15) is 19.4 Å². The van der Waals surface area contributed by atoms with Gasteiger partial charge in [0.2, 0.25) is 5.91 Å². The highest BCUT2D eigenvalue weighted by molar-refractivity contribution is 5.89. The van der Waals surface area contributed by atoms with Crippen molar-refractivity contribution in [3.05, 3.63) is 35.9 Å². The molecule has 19 heavy (non-hydrogen) atoms. The van der Waals surface area contributed by atoms with E-state index in [0.717, 1.165) is 5.56 Å². The SMILES string of the molecule is COC(=O)C(C)(C)NC(=O)[C@H](N)Cc1ccccc1. The fourth-order valence-corrected chi connectivity index (χ4v) is 1.67. The zero-order chi connectivity index (χ0) is 14.5. The summed E-state index contributed by atoms with van der Waals surface area (Å²) in [6, 6.07) is 8.77. The predicted molar refractivity (Wildman–Crippen MR) is 72.4 cm³/mol. The first kappa shape index (κ1) is 15.2. The highest BCUT2D eigenvalue weighted by Crippen LogP contribution is 2.07. The third-order valence-electron chi connectivity index (χ3n) is 2.77. The Morgan fingerprint density at radius 3 is 2.42 bits per heavy atom. The van der Waals surface area contributed by atoms with Gasteiger partial charge in [0.05, 0.1) is 13.2 Å². The molecule has 0 bridgehead atoms. The number of nitrogens with two attached hydrogens (primary N) is 1. The molecule has 104 valence electrons. The van der Waals surface area contributed by atoms with E-state index in [4.69, 9.17) is 5.73 Å². The molecule has 0 aromatic heterocycles. The summed E-state index contributed by atoms with van der Waals surface area (Å²) < 4.78 is 4.62. The maximum absolute atomic E-state index is 11.9. The Kier molecular flexibility index (Phi) is 5.06. The van der Waals surface area contributed by atoms with Crippen molar-refractivity contribution in [2.75, 3.05) is 7.11 Å². The van der Waals surface area contributed by atoms with Gasteiger partial charge in [-0.1, -0.05) is 30.3 Å². The maximum atomic E-state index is 11.9. The van der Waals surface area contributed by atoms with E-state index in [-0.39, 0.29) is 5.91 Å². The van der Waals surface area contributed by atoms with Crippen molar-refractivity contribution >= 4 is 11.9 Å². The van der Waals surface area contributed by atoms with Crippen LogP contribution in [0.15, 0.2) is 30.3 Å². The molecule has 1 rings (SSSR count). The number of ether oxygens (including phenoxy) is 1. The Morgan fingerprint density at radius 2 is 1.89 bits per heavy atom. The van der Waals surface area contributed by atoms with Crippen LogP contribution in [0.3, 0.4) is 0 Å². The van der Waals surface area contributed by atoms with Crippen LogP contribution in [-0.4, -0.2) is 30.6 Å². The quantitative estimate of drug-likeness (QED) is 0.764. The first-order valence-electron chi connectivity index (χ1n) is 6.07. The molecular formula is C14H20N2O3. The number of carbonyl (C=O) groups is 2. The number of hydrogen-bond acceptors (Lipinski definition) is 4. The number of amides is 1. The van der Waals surface area contributed by atoms with Crippen LogP contribution in [0.25, 0.3) is 0 Å². The average molecular weight is 264 g/mol. The van der Waals surface area contributed by atoms with Gasteiger partial charge in [0.15, 0.2) is 0 Å². The topological polar surface area (TPSA) is 81.4 Å². The van der Waals surface area contributed by atoms with E-state index in [0.29, 0.717) is 6.42 Å². The molecule has 0 heterocycles. The number of nitrogens with one attached hydrogen (secondary N) is 1. The fourth-order valence-electron chi connectivity index (χ4n) is 1.67. The molecule has 0 fully saturated rings. The molecule has 0 aliphatic heterocycles. The molecule has 0 saturated heterocycles. The highest BCUT2D eigenvalue weighted by atomic mass is 16.5. The number of benzene rings is 1. The average Bonchev–Trinajstić information content (AvgIpc) is 2.38. The molecular weight excluding hydrogens is 244 g/mol. The van der Waals surface area contributed by atoms with Gasteiger partial charge in [0.1, 0.15) is 5.54 Å². The molecule has 0 unspecified atom stereocenters. The maximum Gasteiger partial charge on any atom is 0.330 e. The van der Waals surface area contributed by atoms with Crippen LogP contribution in [0, 0.1) is 0 Å². The first-order chi connectivity index (χ1) is 8.86. The first-order valence-corrected chi connectivity index (χ1v) is 6.07. The summed E-state index contributed by atoms with van der Waals surface area (Å²) in [6.07, 6.45) is 0.421. The zero-order valence-electron chi connectivity index (χ0n) is 11.5. The lowest BCUT2D eigenvalue weighted by Crippen LogP contribution is -2.55. The molecule has 5 heteroatoms. The van der Waals surface area contributed by atoms with Gasteiger partial charge in [-0.3, -0.25) is 4.79 Å². The fraction of sp³-hybridized carbons (Fsp3) is 0.429. The van der Waals surface area contributed by atoms with Gasteiger partial charge in [0.25, 0.3) is 0 Å². The van der Waals surface area contributed by atoms with Crippen molar-refractivity contribution in [1.29, 1.82) is 0 Å². The van der Waals surface area contributed by atoms with E-state index in [1.165, 1.54) is 7.11 Å². The van der Waals surface area contributed by atoms with E-state index >= 15 is 0 Å². The van der Waals surface area contributed by atoms with Crippen LogP contribution >= 0.6 is 0 Å². The summed E-state index contributed by atoms with van der Waals surface area (Å²) in [7, 11) is 1.28. The number of hydrogen-bond donors (Lipinski definition) is 2. The molecule has 0 saturated carbocycles. The summed E-state index contributed by atoms with van der Waals surface area (Å²) in [5.41, 5.74) is 5.72. The van der Waals surface area contributed by atoms with Crippen molar-refractivity contribution in [2.24, 2.45) is 5.73 Å². The summed E-state index contributed by atoms with van der Waals surface area (Å²) in [6.45, 7) is 3.15. The third kappa shape index (κ3) is 4.37. The van der Waals surface area contributed by atoms with Crippen LogP contribution in [0.4, 0.5) is 0 Å². The van der Waals surface area contributed by atoms with Crippen LogP contribution in [0.5, 0.6) is 0 Å². The van der Waals surface area contributed by atoms with Gasteiger partial charge in [-0.05, 0) is 25.8 Å². The van der Waals surface area contributed by atoms with E-state index in [9.17, 15) is 9.59 Å². The second-order valence-electron chi connectivity index (χ2n) is 4.90. The smallest absolute Gasteiger partial charge is 0.330 e. The van der Waals surface area contributed by atoms with Gasteiger partial charge >= 0.3 is 5.97 Å². The molecule has 1 aromatic carbocycles. The van der Waals surface area contributed by atoms with Crippen molar-refractivity contribution in [3.63, 3.8) is 0 Å². The van der Waals surface area contributed by atoms with Crippen molar-refractivity contribution in [3.8, 4) is 0 Å². The Balaban J connectivity index is 2.61. The number of rotatable bonds is 5. The van der Waals surface area contributed by atoms with E-state index in [1.807, 2.05) is 30.3 Å². The van der Waals surface area contributed by atoms with Crippen molar-refractivity contribution in [1.82, 2.24) is 5.32 Å². The Labute approximate surface area is 113 Å². The molecule has 1 amide bonds. The summed E-state index contributed by atoms with van der Waals surface area (Å²) in [5.74, 6) is -0.882. The Hall–Kier alpha value is -1.88. The largest absolute Gasteiger partial charge is 0.467 e. The van der Waals surface area contributed by atoms with Gasteiger partial charge in [-0.25, -0.2) is 4.79 Å². The van der Waals surface area contributed by atoms with E-state index in [2.05, 4.69) is 10.1 Å².